The van der Waals surface area contributed by atoms with E-state index in [1.54, 1.807) is 12.1 Å². The number of carbonyl (C=O) groups is 1. The molecule has 0 spiro atoms. The van der Waals surface area contributed by atoms with Gasteiger partial charge in [-0.3, -0.25) is 4.79 Å². The van der Waals surface area contributed by atoms with Crippen molar-refractivity contribution in [3.63, 3.8) is 0 Å². The fourth-order valence-electron chi connectivity index (χ4n) is 1.77. The standard InChI is InChI=1S/C14H9FN4O/c15-10-2-4-11-9(7-10)1-3-12(18-11)14(20)19-13-5-6-16-8-17-13/h1-8H,(H,16,17,19,20). The highest BCUT2D eigenvalue weighted by atomic mass is 19.1. The minimum absolute atomic E-state index is 0.239. The van der Waals surface area contributed by atoms with Crippen LogP contribution in [0.5, 0.6) is 0 Å². The number of aromatic nitrogens is 3. The maximum absolute atomic E-state index is 13.1. The summed E-state index contributed by atoms with van der Waals surface area (Å²) in [6.07, 6.45) is 2.87. The van der Waals surface area contributed by atoms with Gasteiger partial charge in [0.1, 0.15) is 23.7 Å². The minimum atomic E-state index is -0.380. The minimum Gasteiger partial charge on any atom is -0.305 e. The fourth-order valence-corrected chi connectivity index (χ4v) is 1.77. The number of benzene rings is 1. The molecule has 98 valence electrons. The van der Waals surface area contributed by atoms with Crippen molar-refractivity contribution < 1.29 is 9.18 Å². The van der Waals surface area contributed by atoms with E-state index in [1.165, 1.54) is 36.8 Å². The molecule has 0 aliphatic rings. The van der Waals surface area contributed by atoms with Crippen molar-refractivity contribution in [2.24, 2.45) is 0 Å². The van der Waals surface area contributed by atoms with E-state index in [0.717, 1.165) is 0 Å². The lowest BCUT2D eigenvalue weighted by molar-refractivity contribution is 0.102. The summed E-state index contributed by atoms with van der Waals surface area (Å²) in [5, 5.41) is 3.25. The number of rotatable bonds is 2. The number of nitrogens with one attached hydrogen (secondary N) is 1. The van der Waals surface area contributed by atoms with Crippen LogP contribution in [0.4, 0.5) is 10.2 Å². The van der Waals surface area contributed by atoms with Crippen molar-refractivity contribution in [1.29, 1.82) is 0 Å². The topological polar surface area (TPSA) is 67.8 Å². The Morgan fingerprint density at radius 1 is 1.15 bits per heavy atom. The third kappa shape index (κ3) is 2.44. The van der Waals surface area contributed by atoms with Crippen LogP contribution in [0.15, 0.2) is 48.9 Å². The summed E-state index contributed by atoms with van der Waals surface area (Å²) in [5.41, 5.74) is 0.796. The van der Waals surface area contributed by atoms with E-state index >= 15 is 0 Å². The van der Waals surface area contributed by atoms with Crippen molar-refractivity contribution in [3.05, 3.63) is 60.4 Å². The number of halogens is 1. The Labute approximate surface area is 113 Å². The van der Waals surface area contributed by atoms with Crippen LogP contribution in [0, 0.1) is 5.82 Å². The van der Waals surface area contributed by atoms with E-state index in [4.69, 9.17) is 0 Å². The Morgan fingerprint density at radius 2 is 2.05 bits per heavy atom. The maximum atomic E-state index is 13.1. The van der Waals surface area contributed by atoms with Gasteiger partial charge in [0.25, 0.3) is 5.91 Å². The van der Waals surface area contributed by atoms with E-state index < -0.39 is 0 Å². The number of pyridine rings is 1. The highest BCUT2D eigenvalue weighted by Gasteiger charge is 2.09. The van der Waals surface area contributed by atoms with Gasteiger partial charge in [0.05, 0.1) is 5.52 Å². The molecule has 0 fully saturated rings. The SMILES string of the molecule is O=C(Nc1ccncn1)c1ccc2cc(F)ccc2n1. The van der Waals surface area contributed by atoms with E-state index in [9.17, 15) is 9.18 Å². The van der Waals surface area contributed by atoms with Gasteiger partial charge < -0.3 is 5.32 Å². The molecule has 3 aromatic rings. The molecule has 5 nitrogen and oxygen atoms in total. The molecule has 0 aliphatic carbocycles. The normalized spacial score (nSPS) is 10.4. The quantitative estimate of drug-likeness (QED) is 0.775. The molecule has 0 saturated carbocycles. The van der Waals surface area contributed by atoms with Crippen molar-refractivity contribution in [2.45, 2.75) is 0 Å². The molecule has 1 aromatic carbocycles. The Hall–Kier alpha value is -2.89. The van der Waals surface area contributed by atoms with Crippen LogP contribution < -0.4 is 5.32 Å². The van der Waals surface area contributed by atoms with Gasteiger partial charge in [0.2, 0.25) is 0 Å². The number of fused-ring (bicyclic) bond motifs is 1. The highest BCUT2D eigenvalue weighted by Crippen LogP contribution is 2.14. The zero-order valence-electron chi connectivity index (χ0n) is 10.2. The second kappa shape index (κ2) is 5.00. The summed E-state index contributed by atoms with van der Waals surface area (Å²) in [6, 6.07) is 8.98. The predicted octanol–water partition coefficient (Wildman–Crippen LogP) is 2.42. The van der Waals surface area contributed by atoms with Gasteiger partial charge in [-0.2, -0.15) is 0 Å². The van der Waals surface area contributed by atoms with Gasteiger partial charge >= 0.3 is 0 Å². The third-order valence-electron chi connectivity index (χ3n) is 2.71. The highest BCUT2D eigenvalue weighted by molar-refractivity contribution is 6.03. The second-order valence-corrected chi connectivity index (χ2v) is 4.08. The number of nitrogens with zero attached hydrogens (tertiary/aromatic N) is 3. The molecule has 2 heterocycles. The molecule has 0 radical (unpaired) electrons. The van der Waals surface area contributed by atoms with Crippen LogP contribution in [-0.4, -0.2) is 20.9 Å². The summed E-state index contributed by atoms with van der Waals surface area (Å²) in [7, 11) is 0. The summed E-state index contributed by atoms with van der Waals surface area (Å²) in [5.74, 6) is -0.321. The molecule has 0 aliphatic heterocycles. The van der Waals surface area contributed by atoms with Gasteiger partial charge in [0, 0.05) is 11.6 Å². The number of anilines is 1. The van der Waals surface area contributed by atoms with Crippen LogP contribution in [0.3, 0.4) is 0 Å². The molecular weight excluding hydrogens is 259 g/mol. The van der Waals surface area contributed by atoms with Gasteiger partial charge in [-0.1, -0.05) is 6.07 Å². The molecule has 1 amide bonds. The molecule has 3 rings (SSSR count). The zero-order valence-corrected chi connectivity index (χ0v) is 10.2. The Bertz CT molecular complexity index is 776. The number of amides is 1. The van der Waals surface area contributed by atoms with Gasteiger partial charge in [-0.25, -0.2) is 19.3 Å². The van der Waals surface area contributed by atoms with E-state index in [-0.39, 0.29) is 17.4 Å². The van der Waals surface area contributed by atoms with Crippen molar-refractivity contribution >= 4 is 22.6 Å². The number of hydrogen-bond acceptors (Lipinski definition) is 4. The molecule has 0 atom stereocenters. The van der Waals surface area contributed by atoms with Gasteiger partial charge in [0.15, 0.2) is 0 Å². The van der Waals surface area contributed by atoms with Crippen LogP contribution in [-0.2, 0) is 0 Å². The van der Waals surface area contributed by atoms with Crippen molar-refractivity contribution in [3.8, 4) is 0 Å². The molecular formula is C14H9FN4O. The largest absolute Gasteiger partial charge is 0.305 e. The number of hydrogen-bond donors (Lipinski definition) is 1. The summed E-state index contributed by atoms with van der Waals surface area (Å²) in [4.78, 5) is 23.9. The summed E-state index contributed by atoms with van der Waals surface area (Å²) >= 11 is 0. The van der Waals surface area contributed by atoms with Crippen LogP contribution >= 0.6 is 0 Å². The Kier molecular flexibility index (Phi) is 3.04. The first-order valence-corrected chi connectivity index (χ1v) is 5.86. The van der Waals surface area contributed by atoms with Crippen molar-refractivity contribution in [1.82, 2.24) is 15.0 Å². The lowest BCUT2D eigenvalue weighted by Gasteiger charge is -2.04. The third-order valence-corrected chi connectivity index (χ3v) is 2.71. The molecule has 0 unspecified atom stereocenters. The molecule has 2 aromatic heterocycles. The first-order valence-electron chi connectivity index (χ1n) is 5.86. The molecule has 6 heteroatoms. The lowest BCUT2D eigenvalue weighted by Crippen LogP contribution is -2.14. The van der Waals surface area contributed by atoms with Gasteiger partial charge in [-0.15, -0.1) is 0 Å². The monoisotopic (exact) mass is 268 g/mol. The number of carbonyl (C=O) groups excluding carboxylic acids is 1. The Morgan fingerprint density at radius 3 is 2.85 bits per heavy atom. The van der Waals surface area contributed by atoms with Crippen LogP contribution in [0.2, 0.25) is 0 Å². The van der Waals surface area contributed by atoms with E-state index in [0.29, 0.717) is 16.7 Å². The summed E-state index contributed by atoms with van der Waals surface area (Å²) < 4.78 is 13.1. The van der Waals surface area contributed by atoms with E-state index in [2.05, 4.69) is 20.3 Å². The Balaban J connectivity index is 1.90. The smallest absolute Gasteiger partial charge is 0.275 e. The average Bonchev–Trinajstić information content (AvgIpc) is 2.47. The zero-order chi connectivity index (χ0) is 13.9. The summed E-state index contributed by atoms with van der Waals surface area (Å²) in [6.45, 7) is 0. The first-order chi connectivity index (χ1) is 9.72. The van der Waals surface area contributed by atoms with Gasteiger partial charge in [-0.05, 0) is 30.3 Å². The second-order valence-electron chi connectivity index (χ2n) is 4.08. The molecule has 0 bridgehead atoms. The van der Waals surface area contributed by atoms with E-state index in [1.807, 2.05) is 0 Å². The molecule has 0 saturated heterocycles. The van der Waals surface area contributed by atoms with Crippen LogP contribution in [0.1, 0.15) is 10.5 Å². The first kappa shape index (κ1) is 12.2. The average molecular weight is 268 g/mol. The maximum Gasteiger partial charge on any atom is 0.275 e. The lowest BCUT2D eigenvalue weighted by atomic mass is 10.2. The fraction of sp³-hybridized carbons (Fsp3) is 0. The van der Waals surface area contributed by atoms with Crippen molar-refractivity contribution in [2.75, 3.05) is 5.32 Å². The molecule has 1 N–H and O–H groups in total. The predicted molar refractivity (Wildman–Crippen MR) is 71.7 cm³/mol. The van der Waals surface area contributed by atoms with Crippen LogP contribution in [0.25, 0.3) is 10.9 Å². The molecule has 20 heavy (non-hydrogen) atoms.